The summed E-state index contributed by atoms with van der Waals surface area (Å²) in [4.78, 5) is 21.5. The van der Waals surface area contributed by atoms with Gasteiger partial charge in [-0.2, -0.15) is 0 Å². The van der Waals surface area contributed by atoms with Gasteiger partial charge >= 0.3 is 0 Å². The predicted octanol–water partition coefficient (Wildman–Crippen LogP) is 3.98. The molecule has 1 aliphatic rings. The van der Waals surface area contributed by atoms with Crippen LogP contribution in [0.3, 0.4) is 0 Å². The highest BCUT2D eigenvalue weighted by Gasteiger charge is 2.32. The molecule has 1 atom stereocenters. The molecule has 158 valence electrons. The summed E-state index contributed by atoms with van der Waals surface area (Å²) >= 11 is 1.59. The number of anilines is 1. The number of thiazole rings is 1. The zero-order chi connectivity index (χ0) is 21.7. The number of hydrogen-bond donors (Lipinski definition) is 0. The molecule has 2 aromatic heterocycles. The van der Waals surface area contributed by atoms with Crippen molar-refractivity contribution < 1.29 is 9.18 Å². The molecule has 3 heterocycles. The van der Waals surface area contributed by atoms with Gasteiger partial charge in [-0.05, 0) is 49.4 Å². The second kappa shape index (κ2) is 7.42. The minimum Gasteiger partial charge on any atom is -0.378 e. The van der Waals surface area contributed by atoms with E-state index in [1.165, 1.54) is 24.3 Å². The molecule has 0 N–H and O–H groups in total. The third-order valence-corrected chi connectivity index (χ3v) is 6.63. The van der Waals surface area contributed by atoms with Crippen LogP contribution in [0.15, 0.2) is 42.5 Å². The van der Waals surface area contributed by atoms with E-state index in [2.05, 4.69) is 21.2 Å². The monoisotopic (exact) mass is 436 g/mol. The first-order valence-electron chi connectivity index (χ1n) is 10.0. The fourth-order valence-electron chi connectivity index (χ4n) is 3.87. The zero-order valence-corrected chi connectivity index (χ0v) is 18.2. The highest BCUT2D eigenvalue weighted by Crippen LogP contribution is 2.34. The SMILES string of the molecule is C[C@@H]1c2nnc(-c3nc4ccc(N(C)C)cc4s3)n2CCN1C(=O)c1ccc(F)cc1. The molecule has 1 amide bonds. The Balaban J connectivity index is 1.46. The van der Waals surface area contributed by atoms with E-state index < -0.39 is 0 Å². The summed E-state index contributed by atoms with van der Waals surface area (Å²) < 4.78 is 16.4. The Morgan fingerprint density at radius 3 is 2.65 bits per heavy atom. The van der Waals surface area contributed by atoms with E-state index in [0.29, 0.717) is 18.7 Å². The van der Waals surface area contributed by atoms with Crippen molar-refractivity contribution in [1.82, 2.24) is 24.6 Å². The molecule has 31 heavy (non-hydrogen) atoms. The highest BCUT2D eigenvalue weighted by atomic mass is 32.1. The number of carbonyl (C=O) groups is 1. The van der Waals surface area contributed by atoms with Crippen LogP contribution >= 0.6 is 11.3 Å². The van der Waals surface area contributed by atoms with Crippen LogP contribution in [-0.4, -0.2) is 51.2 Å². The molecule has 2 aromatic carbocycles. The second-order valence-electron chi connectivity index (χ2n) is 7.78. The zero-order valence-electron chi connectivity index (χ0n) is 17.4. The van der Waals surface area contributed by atoms with E-state index in [9.17, 15) is 9.18 Å². The number of fused-ring (bicyclic) bond motifs is 2. The van der Waals surface area contributed by atoms with Gasteiger partial charge in [0, 0.05) is 38.4 Å². The van der Waals surface area contributed by atoms with Gasteiger partial charge < -0.3 is 14.4 Å². The van der Waals surface area contributed by atoms with Crippen molar-refractivity contribution in [2.45, 2.75) is 19.5 Å². The molecule has 0 aliphatic carbocycles. The van der Waals surface area contributed by atoms with Gasteiger partial charge in [0.1, 0.15) is 5.82 Å². The summed E-state index contributed by atoms with van der Waals surface area (Å²) in [5, 5.41) is 9.62. The minimum absolute atomic E-state index is 0.139. The molecule has 0 spiro atoms. The van der Waals surface area contributed by atoms with Gasteiger partial charge in [-0.1, -0.05) is 0 Å². The van der Waals surface area contributed by atoms with Crippen molar-refractivity contribution in [3.05, 3.63) is 59.7 Å². The maximum atomic E-state index is 13.2. The molecule has 7 nitrogen and oxygen atoms in total. The number of halogens is 1. The van der Waals surface area contributed by atoms with Crippen molar-refractivity contribution in [1.29, 1.82) is 0 Å². The summed E-state index contributed by atoms with van der Waals surface area (Å²) in [6.45, 7) is 3.03. The smallest absolute Gasteiger partial charge is 0.254 e. The van der Waals surface area contributed by atoms with Gasteiger partial charge in [0.05, 0.1) is 16.3 Å². The fraction of sp³-hybridized carbons (Fsp3) is 0.273. The van der Waals surface area contributed by atoms with Gasteiger partial charge in [0.2, 0.25) is 0 Å². The highest BCUT2D eigenvalue weighted by molar-refractivity contribution is 7.21. The molecular formula is C22H21FN6OS. The summed E-state index contributed by atoms with van der Waals surface area (Å²) in [5.74, 6) is 0.953. The first kappa shape index (κ1) is 19.6. The van der Waals surface area contributed by atoms with Crippen LogP contribution in [0.1, 0.15) is 29.1 Å². The number of hydrogen-bond acceptors (Lipinski definition) is 6. The van der Waals surface area contributed by atoms with Crippen LogP contribution in [0.25, 0.3) is 21.0 Å². The Kier molecular flexibility index (Phi) is 4.70. The lowest BCUT2D eigenvalue weighted by Gasteiger charge is -2.33. The molecule has 0 bridgehead atoms. The molecule has 0 fully saturated rings. The first-order chi connectivity index (χ1) is 14.9. The standard InChI is InChI=1S/C22H21FN6OS/c1-13-19-25-26-20(21-24-17-9-8-16(27(2)3)12-18(17)31-21)29(19)11-10-28(13)22(30)14-4-6-15(23)7-5-14/h4-9,12-13H,10-11H2,1-3H3/t13-/m1/s1. The molecule has 1 aliphatic heterocycles. The summed E-state index contributed by atoms with van der Waals surface area (Å²) in [7, 11) is 4.02. The lowest BCUT2D eigenvalue weighted by atomic mass is 10.1. The van der Waals surface area contributed by atoms with E-state index in [1.54, 1.807) is 16.2 Å². The molecule has 9 heteroatoms. The summed E-state index contributed by atoms with van der Waals surface area (Å²) in [5.41, 5.74) is 2.51. The molecule has 0 unspecified atom stereocenters. The quantitative estimate of drug-likeness (QED) is 0.486. The van der Waals surface area contributed by atoms with Crippen LogP contribution in [0.2, 0.25) is 0 Å². The first-order valence-corrected chi connectivity index (χ1v) is 10.8. The van der Waals surface area contributed by atoms with Crippen molar-refractivity contribution in [2.75, 3.05) is 25.5 Å². The van der Waals surface area contributed by atoms with Gasteiger partial charge in [-0.15, -0.1) is 21.5 Å². The number of amides is 1. The van der Waals surface area contributed by atoms with Crippen molar-refractivity contribution in [2.24, 2.45) is 0 Å². The fourth-order valence-corrected chi connectivity index (χ4v) is 4.86. The Labute approximate surface area is 182 Å². The van der Waals surface area contributed by atoms with Crippen LogP contribution < -0.4 is 4.90 Å². The van der Waals surface area contributed by atoms with E-state index in [-0.39, 0.29) is 17.8 Å². The topological polar surface area (TPSA) is 67.2 Å². The molecule has 4 aromatic rings. The van der Waals surface area contributed by atoms with Gasteiger partial charge in [-0.25, -0.2) is 9.37 Å². The number of nitrogens with zero attached hydrogens (tertiary/aromatic N) is 6. The minimum atomic E-state index is -0.360. The Morgan fingerprint density at radius 2 is 1.90 bits per heavy atom. The van der Waals surface area contributed by atoms with Crippen LogP contribution in [0.5, 0.6) is 0 Å². The predicted molar refractivity (Wildman–Crippen MR) is 119 cm³/mol. The molecular weight excluding hydrogens is 415 g/mol. The maximum Gasteiger partial charge on any atom is 0.254 e. The molecule has 5 rings (SSSR count). The number of benzene rings is 2. The van der Waals surface area contributed by atoms with Gasteiger partial charge in [0.25, 0.3) is 5.91 Å². The van der Waals surface area contributed by atoms with Gasteiger partial charge in [0.15, 0.2) is 16.7 Å². The van der Waals surface area contributed by atoms with Crippen LogP contribution in [-0.2, 0) is 6.54 Å². The summed E-state index contributed by atoms with van der Waals surface area (Å²) in [6, 6.07) is 11.6. The average Bonchev–Trinajstić information content (AvgIpc) is 3.37. The summed E-state index contributed by atoms with van der Waals surface area (Å²) in [6.07, 6.45) is 0. The van der Waals surface area contributed by atoms with Crippen LogP contribution in [0, 0.1) is 5.82 Å². The molecule has 0 saturated carbocycles. The average molecular weight is 437 g/mol. The molecule has 0 radical (unpaired) electrons. The maximum absolute atomic E-state index is 13.2. The number of rotatable bonds is 3. The number of aromatic nitrogens is 4. The van der Waals surface area contributed by atoms with E-state index in [4.69, 9.17) is 4.98 Å². The van der Waals surface area contributed by atoms with Gasteiger partial charge in [-0.3, -0.25) is 4.79 Å². The van der Waals surface area contributed by atoms with E-state index in [1.807, 2.05) is 37.7 Å². The third-order valence-electron chi connectivity index (χ3n) is 5.62. The Hall–Kier alpha value is -3.33. The van der Waals surface area contributed by atoms with E-state index in [0.717, 1.165) is 32.6 Å². The Morgan fingerprint density at radius 1 is 1.13 bits per heavy atom. The normalized spacial score (nSPS) is 15.9. The third kappa shape index (κ3) is 3.34. The second-order valence-corrected chi connectivity index (χ2v) is 8.81. The number of carbonyl (C=O) groups excluding carboxylic acids is 1. The van der Waals surface area contributed by atoms with E-state index >= 15 is 0 Å². The van der Waals surface area contributed by atoms with Crippen molar-refractivity contribution >= 4 is 33.1 Å². The van der Waals surface area contributed by atoms with Crippen molar-refractivity contribution in [3.63, 3.8) is 0 Å². The molecule has 0 saturated heterocycles. The largest absolute Gasteiger partial charge is 0.378 e. The Bertz CT molecular complexity index is 1280. The lowest BCUT2D eigenvalue weighted by Crippen LogP contribution is -2.41. The van der Waals surface area contributed by atoms with Crippen molar-refractivity contribution in [3.8, 4) is 10.8 Å². The lowest BCUT2D eigenvalue weighted by molar-refractivity contribution is 0.0638. The van der Waals surface area contributed by atoms with Crippen LogP contribution in [0.4, 0.5) is 10.1 Å².